The molecule has 0 amide bonds. The number of nitrogens with zero attached hydrogens (tertiary/aromatic N) is 4. The fourth-order valence-corrected chi connectivity index (χ4v) is 3.16. The Hall–Kier alpha value is -2.65. The molecule has 4 rings (SSSR count). The fraction of sp³-hybridized carbons (Fsp3) is 0.235. The first kappa shape index (κ1) is 17.7. The number of halogens is 4. The van der Waals surface area contributed by atoms with Crippen LogP contribution in [0.5, 0.6) is 0 Å². The molecule has 0 spiro atoms. The van der Waals surface area contributed by atoms with E-state index in [0.717, 1.165) is 6.07 Å². The summed E-state index contributed by atoms with van der Waals surface area (Å²) in [4.78, 5) is 8.23. The zero-order chi connectivity index (χ0) is 19.3. The molecule has 3 aromatic heterocycles. The lowest BCUT2D eigenvalue weighted by Crippen LogP contribution is -2.10. The Kier molecular flexibility index (Phi) is 4.08. The molecule has 3 heterocycles. The molecule has 1 N–H and O–H groups in total. The molecule has 0 radical (unpaired) electrons. The fourth-order valence-electron chi connectivity index (χ4n) is 2.89. The van der Waals surface area contributed by atoms with E-state index in [9.17, 15) is 13.2 Å². The van der Waals surface area contributed by atoms with Crippen LogP contribution in [0.2, 0.25) is 5.02 Å². The van der Waals surface area contributed by atoms with Crippen LogP contribution in [0.1, 0.15) is 24.5 Å². The van der Waals surface area contributed by atoms with Crippen molar-refractivity contribution in [2.75, 3.05) is 7.11 Å². The molecular weight excluding hydrogens is 383 g/mol. The van der Waals surface area contributed by atoms with Gasteiger partial charge in [0.2, 0.25) is 0 Å². The van der Waals surface area contributed by atoms with Gasteiger partial charge in [-0.2, -0.15) is 18.3 Å². The third-order valence-corrected chi connectivity index (χ3v) is 4.58. The molecule has 6 nitrogen and oxygen atoms in total. The van der Waals surface area contributed by atoms with Crippen molar-refractivity contribution in [3.8, 4) is 5.69 Å². The summed E-state index contributed by atoms with van der Waals surface area (Å²) in [7, 11) is 1.50. The monoisotopic (exact) mass is 395 g/mol. The van der Waals surface area contributed by atoms with E-state index in [1.54, 1.807) is 25.3 Å². The van der Waals surface area contributed by atoms with Crippen molar-refractivity contribution >= 4 is 33.7 Å². The minimum Gasteiger partial charge on any atom is -0.374 e. The van der Waals surface area contributed by atoms with E-state index in [1.165, 1.54) is 17.7 Å². The van der Waals surface area contributed by atoms with Gasteiger partial charge in [-0.1, -0.05) is 11.6 Å². The Morgan fingerprint density at radius 3 is 2.70 bits per heavy atom. The van der Waals surface area contributed by atoms with Crippen molar-refractivity contribution in [3.63, 3.8) is 0 Å². The van der Waals surface area contributed by atoms with E-state index in [1.807, 2.05) is 0 Å². The number of methoxy groups -OCH3 is 1. The summed E-state index contributed by atoms with van der Waals surface area (Å²) < 4.78 is 46.4. The average molecular weight is 396 g/mol. The molecule has 10 heteroatoms. The van der Waals surface area contributed by atoms with Crippen LogP contribution in [0.15, 0.2) is 30.5 Å². The van der Waals surface area contributed by atoms with Gasteiger partial charge >= 0.3 is 6.18 Å². The van der Waals surface area contributed by atoms with E-state index in [0.29, 0.717) is 33.0 Å². The predicted octanol–water partition coefficient (Wildman–Crippen LogP) is 4.68. The van der Waals surface area contributed by atoms with Gasteiger partial charge in [0.25, 0.3) is 0 Å². The van der Waals surface area contributed by atoms with Gasteiger partial charge in [0.1, 0.15) is 23.1 Å². The zero-order valence-electron chi connectivity index (χ0n) is 14.2. The van der Waals surface area contributed by atoms with Crippen LogP contribution in [0.25, 0.3) is 27.8 Å². The molecule has 0 aliphatic carbocycles. The van der Waals surface area contributed by atoms with E-state index >= 15 is 0 Å². The highest BCUT2D eigenvalue weighted by Crippen LogP contribution is 2.33. The number of ether oxygens (including phenoxy) is 1. The molecule has 27 heavy (non-hydrogen) atoms. The normalized spacial score (nSPS) is 13.6. The van der Waals surface area contributed by atoms with Crippen LogP contribution in [-0.2, 0) is 10.9 Å². The number of alkyl halides is 3. The molecular formula is C17H13ClF3N5O. The summed E-state index contributed by atoms with van der Waals surface area (Å²) in [6.45, 7) is 1.75. The second-order valence-electron chi connectivity index (χ2n) is 5.98. The summed E-state index contributed by atoms with van der Waals surface area (Å²) in [5, 5.41) is 7.81. The molecule has 0 fully saturated rings. The van der Waals surface area contributed by atoms with Gasteiger partial charge in [-0.15, -0.1) is 0 Å². The van der Waals surface area contributed by atoms with Crippen molar-refractivity contribution in [2.45, 2.75) is 19.2 Å². The maximum atomic E-state index is 13.2. The number of rotatable bonds is 3. The van der Waals surface area contributed by atoms with Crippen molar-refractivity contribution < 1.29 is 17.9 Å². The molecule has 1 atom stereocenters. The third kappa shape index (κ3) is 2.92. The number of benzene rings is 1. The van der Waals surface area contributed by atoms with Crippen molar-refractivity contribution in [3.05, 3.63) is 47.0 Å². The van der Waals surface area contributed by atoms with E-state index in [2.05, 4.69) is 20.2 Å². The molecule has 0 saturated heterocycles. The number of hydrogen-bond acceptors (Lipinski definition) is 4. The average Bonchev–Trinajstić information content (AvgIpc) is 3.23. The Morgan fingerprint density at radius 1 is 1.22 bits per heavy atom. The summed E-state index contributed by atoms with van der Waals surface area (Å²) in [5.41, 5.74) is 0.549. The Morgan fingerprint density at radius 2 is 2.00 bits per heavy atom. The van der Waals surface area contributed by atoms with Gasteiger partial charge in [-0.25, -0.2) is 9.97 Å². The zero-order valence-corrected chi connectivity index (χ0v) is 14.9. The second kappa shape index (κ2) is 6.21. The Balaban J connectivity index is 2.05. The molecule has 0 bridgehead atoms. The van der Waals surface area contributed by atoms with E-state index in [-0.39, 0.29) is 5.65 Å². The van der Waals surface area contributed by atoms with Crippen molar-refractivity contribution in [1.29, 1.82) is 0 Å². The highest BCUT2D eigenvalue weighted by Gasteiger charge is 2.33. The van der Waals surface area contributed by atoms with Crippen LogP contribution in [0.4, 0.5) is 13.2 Å². The largest absolute Gasteiger partial charge is 0.433 e. The maximum absolute atomic E-state index is 13.2. The highest BCUT2D eigenvalue weighted by molar-refractivity contribution is 6.35. The van der Waals surface area contributed by atoms with Gasteiger partial charge in [0.15, 0.2) is 5.65 Å². The number of H-pyrrole nitrogens is 1. The molecule has 1 unspecified atom stereocenters. The standard InChI is InChI=1S/C17H13ClF3N5O/c1-8(27-2)15-23-12-3-4-13(17(19,20)21)24-16(12)26(15)10-5-9-7-22-25-14(9)11(18)6-10/h3-8H,1-2H3,(H,22,25). The number of nitrogens with one attached hydrogen (secondary N) is 1. The molecule has 0 aliphatic rings. The topological polar surface area (TPSA) is 68.6 Å². The van der Waals surface area contributed by atoms with Gasteiger partial charge in [-0.3, -0.25) is 9.67 Å². The number of aromatic amines is 1. The van der Waals surface area contributed by atoms with Gasteiger partial charge in [0, 0.05) is 12.5 Å². The SMILES string of the molecule is COC(C)c1nc2ccc(C(F)(F)F)nc2n1-c1cc(Cl)c2[nH]ncc2c1. The minimum absolute atomic E-state index is 0.0719. The van der Waals surface area contributed by atoms with Gasteiger partial charge < -0.3 is 4.74 Å². The summed E-state index contributed by atoms with van der Waals surface area (Å²) in [6.07, 6.45) is -3.47. The molecule has 0 aliphatic heterocycles. The first-order chi connectivity index (χ1) is 12.8. The van der Waals surface area contributed by atoms with E-state index < -0.39 is 18.0 Å². The molecule has 1 aromatic carbocycles. The first-order valence-electron chi connectivity index (χ1n) is 7.92. The van der Waals surface area contributed by atoms with Crippen LogP contribution in [0, 0.1) is 0 Å². The molecule has 4 aromatic rings. The van der Waals surface area contributed by atoms with Crippen LogP contribution < -0.4 is 0 Å². The quantitative estimate of drug-likeness (QED) is 0.547. The minimum atomic E-state index is -4.57. The summed E-state index contributed by atoms with van der Waals surface area (Å²) >= 11 is 6.30. The smallest absolute Gasteiger partial charge is 0.374 e. The second-order valence-corrected chi connectivity index (χ2v) is 6.39. The lowest BCUT2D eigenvalue weighted by molar-refractivity contribution is -0.141. The molecule has 0 saturated carbocycles. The third-order valence-electron chi connectivity index (χ3n) is 4.28. The van der Waals surface area contributed by atoms with E-state index in [4.69, 9.17) is 16.3 Å². The highest BCUT2D eigenvalue weighted by atomic mass is 35.5. The molecule has 140 valence electrons. The lowest BCUT2D eigenvalue weighted by Gasteiger charge is -2.14. The number of hydrogen-bond donors (Lipinski definition) is 1. The predicted molar refractivity (Wildman–Crippen MR) is 94.0 cm³/mol. The number of fused-ring (bicyclic) bond motifs is 2. The van der Waals surface area contributed by atoms with Crippen molar-refractivity contribution in [2.24, 2.45) is 0 Å². The number of imidazole rings is 1. The Labute approximate surface area is 155 Å². The van der Waals surface area contributed by atoms with Crippen LogP contribution >= 0.6 is 11.6 Å². The first-order valence-corrected chi connectivity index (χ1v) is 8.29. The number of aromatic nitrogens is 5. The Bertz CT molecular complexity index is 1150. The number of pyridine rings is 1. The maximum Gasteiger partial charge on any atom is 0.433 e. The van der Waals surface area contributed by atoms with Gasteiger partial charge in [-0.05, 0) is 31.2 Å². The summed E-state index contributed by atoms with van der Waals surface area (Å²) in [5.74, 6) is 0.415. The van der Waals surface area contributed by atoms with Crippen LogP contribution in [0.3, 0.4) is 0 Å². The lowest BCUT2D eigenvalue weighted by atomic mass is 10.2. The van der Waals surface area contributed by atoms with Crippen LogP contribution in [-0.4, -0.2) is 31.8 Å². The van der Waals surface area contributed by atoms with Crippen molar-refractivity contribution in [1.82, 2.24) is 24.7 Å². The summed E-state index contributed by atoms with van der Waals surface area (Å²) in [6, 6.07) is 5.58. The van der Waals surface area contributed by atoms with Gasteiger partial charge in [0.05, 0.1) is 22.4 Å².